The van der Waals surface area contributed by atoms with Crippen LogP contribution in [0.4, 0.5) is 13.2 Å². The molecule has 0 aliphatic heterocycles. The largest absolute Gasteiger partial charge is 0.390 e. The molecule has 17 heavy (non-hydrogen) atoms. The maximum Gasteiger partial charge on any atom is 0.390 e. The molecule has 0 radical (unpaired) electrons. The first-order chi connectivity index (χ1) is 7.79. The van der Waals surface area contributed by atoms with Gasteiger partial charge in [-0.1, -0.05) is 6.07 Å². The molecule has 1 aromatic heterocycles. The van der Waals surface area contributed by atoms with Crippen LogP contribution in [0.1, 0.15) is 16.9 Å². The molecular formula is C10H10BrF3N2O. The molecule has 0 aliphatic rings. The molecule has 0 saturated carbocycles. The van der Waals surface area contributed by atoms with Gasteiger partial charge in [-0.2, -0.15) is 13.2 Å². The Morgan fingerprint density at radius 2 is 2.12 bits per heavy atom. The molecule has 1 heterocycles. The zero-order valence-corrected chi connectivity index (χ0v) is 10.5. The molecule has 0 N–H and O–H groups in total. The molecule has 0 aromatic carbocycles. The summed E-state index contributed by atoms with van der Waals surface area (Å²) >= 11 is 3.09. The van der Waals surface area contributed by atoms with E-state index in [0.717, 1.165) is 4.90 Å². The van der Waals surface area contributed by atoms with Gasteiger partial charge in [-0.25, -0.2) is 4.98 Å². The molecule has 1 aromatic rings. The van der Waals surface area contributed by atoms with Crippen molar-refractivity contribution in [3.05, 3.63) is 28.5 Å². The molecule has 0 atom stereocenters. The van der Waals surface area contributed by atoms with Crippen molar-refractivity contribution in [2.24, 2.45) is 0 Å². The predicted molar refractivity (Wildman–Crippen MR) is 59.6 cm³/mol. The molecule has 1 rings (SSSR count). The van der Waals surface area contributed by atoms with Gasteiger partial charge in [0.15, 0.2) is 0 Å². The maximum absolute atomic E-state index is 12.0. The highest BCUT2D eigenvalue weighted by Gasteiger charge is 2.28. The molecule has 0 aliphatic carbocycles. The number of halogens is 4. The smallest absolute Gasteiger partial charge is 0.340 e. The minimum Gasteiger partial charge on any atom is -0.340 e. The van der Waals surface area contributed by atoms with Crippen molar-refractivity contribution in [3.8, 4) is 0 Å². The van der Waals surface area contributed by atoms with E-state index in [1.807, 2.05) is 0 Å². The number of aromatic nitrogens is 1. The van der Waals surface area contributed by atoms with Crippen LogP contribution in [0.25, 0.3) is 0 Å². The van der Waals surface area contributed by atoms with E-state index in [4.69, 9.17) is 0 Å². The standard InChI is InChI=1S/C10H10BrF3N2O/c1-16(6-5-10(12,13)14)9(17)7-3-2-4-8(11)15-7/h2-4H,5-6H2,1H3. The summed E-state index contributed by atoms with van der Waals surface area (Å²) in [6.07, 6.45) is -5.29. The highest BCUT2D eigenvalue weighted by atomic mass is 79.9. The van der Waals surface area contributed by atoms with Gasteiger partial charge in [0.25, 0.3) is 5.91 Å². The Morgan fingerprint density at radius 3 is 2.65 bits per heavy atom. The second kappa shape index (κ2) is 5.48. The monoisotopic (exact) mass is 310 g/mol. The Morgan fingerprint density at radius 1 is 1.47 bits per heavy atom. The first-order valence-electron chi connectivity index (χ1n) is 4.74. The van der Waals surface area contributed by atoms with Gasteiger partial charge in [0.05, 0.1) is 6.42 Å². The van der Waals surface area contributed by atoms with Crippen LogP contribution < -0.4 is 0 Å². The minimum atomic E-state index is -4.26. The maximum atomic E-state index is 12.0. The number of carbonyl (C=O) groups excluding carboxylic acids is 1. The highest BCUT2D eigenvalue weighted by Crippen LogP contribution is 2.19. The van der Waals surface area contributed by atoms with Crippen molar-refractivity contribution in [2.75, 3.05) is 13.6 Å². The number of carbonyl (C=O) groups is 1. The molecule has 0 fully saturated rings. The molecule has 0 saturated heterocycles. The molecule has 0 spiro atoms. The Kier molecular flexibility index (Phi) is 4.50. The van der Waals surface area contributed by atoms with E-state index in [9.17, 15) is 18.0 Å². The van der Waals surface area contributed by atoms with Crippen LogP contribution >= 0.6 is 15.9 Å². The Bertz CT molecular complexity index is 409. The molecule has 3 nitrogen and oxygen atoms in total. The van der Waals surface area contributed by atoms with Gasteiger partial charge < -0.3 is 4.90 Å². The number of nitrogens with zero attached hydrogens (tertiary/aromatic N) is 2. The van der Waals surface area contributed by atoms with E-state index in [-0.39, 0.29) is 12.2 Å². The van der Waals surface area contributed by atoms with Crippen molar-refractivity contribution in [2.45, 2.75) is 12.6 Å². The highest BCUT2D eigenvalue weighted by molar-refractivity contribution is 9.10. The van der Waals surface area contributed by atoms with Gasteiger partial charge in [0.1, 0.15) is 10.3 Å². The predicted octanol–water partition coefficient (Wildman–Crippen LogP) is 2.87. The van der Waals surface area contributed by atoms with E-state index in [1.165, 1.54) is 13.1 Å². The van der Waals surface area contributed by atoms with Crippen molar-refractivity contribution in [3.63, 3.8) is 0 Å². The average Bonchev–Trinajstić information content (AvgIpc) is 2.24. The van der Waals surface area contributed by atoms with Crippen molar-refractivity contribution in [1.82, 2.24) is 9.88 Å². The molecule has 0 bridgehead atoms. The van der Waals surface area contributed by atoms with Gasteiger partial charge in [0.2, 0.25) is 0 Å². The van der Waals surface area contributed by atoms with Crippen molar-refractivity contribution in [1.29, 1.82) is 0 Å². The number of pyridine rings is 1. The second-order valence-corrected chi connectivity index (χ2v) is 4.25. The van der Waals surface area contributed by atoms with E-state index >= 15 is 0 Å². The molecule has 0 unspecified atom stereocenters. The normalized spacial score (nSPS) is 11.4. The summed E-state index contributed by atoms with van der Waals surface area (Å²) in [4.78, 5) is 16.6. The Hall–Kier alpha value is -1.11. The fraction of sp³-hybridized carbons (Fsp3) is 0.400. The summed E-state index contributed by atoms with van der Waals surface area (Å²) in [5.41, 5.74) is 0.115. The quantitative estimate of drug-likeness (QED) is 0.804. The van der Waals surface area contributed by atoms with Crippen LogP contribution in [-0.4, -0.2) is 35.6 Å². The van der Waals surface area contributed by atoms with Crippen LogP contribution in [0.2, 0.25) is 0 Å². The summed E-state index contributed by atoms with van der Waals surface area (Å²) in [7, 11) is 1.32. The summed E-state index contributed by atoms with van der Waals surface area (Å²) < 4.78 is 36.4. The van der Waals surface area contributed by atoms with E-state index in [2.05, 4.69) is 20.9 Å². The van der Waals surface area contributed by atoms with Crippen LogP contribution in [0.15, 0.2) is 22.8 Å². The lowest BCUT2D eigenvalue weighted by Crippen LogP contribution is -2.31. The summed E-state index contributed by atoms with van der Waals surface area (Å²) in [6, 6.07) is 4.69. The lowest BCUT2D eigenvalue weighted by Gasteiger charge is -2.17. The Balaban J connectivity index is 2.64. The Labute approximate surface area is 105 Å². The number of hydrogen-bond acceptors (Lipinski definition) is 2. The van der Waals surface area contributed by atoms with Gasteiger partial charge in [-0.05, 0) is 28.1 Å². The van der Waals surface area contributed by atoms with E-state index < -0.39 is 18.5 Å². The fourth-order valence-electron chi connectivity index (χ4n) is 1.12. The topological polar surface area (TPSA) is 33.2 Å². The third-order valence-corrected chi connectivity index (χ3v) is 2.45. The lowest BCUT2D eigenvalue weighted by molar-refractivity contribution is -0.136. The lowest BCUT2D eigenvalue weighted by atomic mass is 10.3. The van der Waals surface area contributed by atoms with Crippen LogP contribution in [0.3, 0.4) is 0 Å². The number of amides is 1. The zero-order valence-electron chi connectivity index (χ0n) is 8.96. The van der Waals surface area contributed by atoms with Crippen LogP contribution in [-0.2, 0) is 0 Å². The number of hydrogen-bond donors (Lipinski definition) is 0. The molecule has 94 valence electrons. The molecule has 1 amide bonds. The zero-order chi connectivity index (χ0) is 13.1. The van der Waals surface area contributed by atoms with Crippen molar-refractivity contribution < 1.29 is 18.0 Å². The van der Waals surface area contributed by atoms with E-state index in [0.29, 0.717) is 4.60 Å². The third kappa shape index (κ3) is 4.72. The van der Waals surface area contributed by atoms with Gasteiger partial charge in [-0.3, -0.25) is 4.79 Å². The summed E-state index contributed by atoms with van der Waals surface area (Å²) in [5.74, 6) is -0.532. The first kappa shape index (κ1) is 14.0. The SMILES string of the molecule is CN(CCC(F)(F)F)C(=O)c1cccc(Br)n1. The fourth-order valence-corrected chi connectivity index (χ4v) is 1.46. The second-order valence-electron chi connectivity index (χ2n) is 3.44. The van der Waals surface area contributed by atoms with Crippen molar-refractivity contribution >= 4 is 21.8 Å². The van der Waals surface area contributed by atoms with Crippen LogP contribution in [0.5, 0.6) is 0 Å². The molecular weight excluding hydrogens is 301 g/mol. The average molecular weight is 311 g/mol. The van der Waals surface area contributed by atoms with Gasteiger partial charge in [0, 0.05) is 13.6 Å². The van der Waals surface area contributed by atoms with E-state index in [1.54, 1.807) is 12.1 Å². The number of rotatable bonds is 3. The third-order valence-electron chi connectivity index (χ3n) is 2.01. The summed E-state index contributed by atoms with van der Waals surface area (Å²) in [6.45, 7) is -0.378. The first-order valence-corrected chi connectivity index (χ1v) is 5.53. The minimum absolute atomic E-state index is 0.115. The van der Waals surface area contributed by atoms with Gasteiger partial charge in [-0.15, -0.1) is 0 Å². The summed E-state index contributed by atoms with van der Waals surface area (Å²) in [5, 5.41) is 0. The van der Waals surface area contributed by atoms with Gasteiger partial charge >= 0.3 is 6.18 Å². The number of alkyl halides is 3. The van der Waals surface area contributed by atoms with Crippen LogP contribution in [0, 0.1) is 0 Å². The molecule has 7 heteroatoms.